The van der Waals surface area contributed by atoms with Crippen LogP contribution in [-0.4, -0.2) is 44.3 Å². The van der Waals surface area contributed by atoms with Crippen LogP contribution >= 0.6 is 0 Å². The van der Waals surface area contributed by atoms with Gasteiger partial charge >= 0.3 is 5.97 Å². The van der Waals surface area contributed by atoms with Crippen LogP contribution in [0.4, 0.5) is 5.69 Å². The van der Waals surface area contributed by atoms with Crippen LogP contribution < -0.4 is 5.32 Å². The van der Waals surface area contributed by atoms with Crippen molar-refractivity contribution in [2.24, 2.45) is 0 Å². The average molecular weight is 423 g/mol. The van der Waals surface area contributed by atoms with Gasteiger partial charge in [-0.3, -0.25) is 4.79 Å². The number of esters is 1. The van der Waals surface area contributed by atoms with Crippen molar-refractivity contribution in [2.45, 2.75) is 39.5 Å². The van der Waals surface area contributed by atoms with E-state index in [1.54, 1.807) is 52.8 Å². The summed E-state index contributed by atoms with van der Waals surface area (Å²) in [5.41, 5.74) is 1.14. The second-order valence-corrected chi connectivity index (χ2v) is 8.43. The third-order valence-electron chi connectivity index (χ3n) is 4.39. The van der Waals surface area contributed by atoms with Crippen LogP contribution in [0, 0.1) is 20.8 Å². The molecule has 8 nitrogen and oxygen atoms in total. The van der Waals surface area contributed by atoms with Gasteiger partial charge < -0.3 is 14.5 Å². The molecule has 0 spiro atoms. The molecule has 0 fully saturated rings. The Bertz CT molecular complexity index is 1010. The predicted octanol–water partition coefficient (Wildman–Crippen LogP) is 3.03. The van der Waals surface area contributed by atoms with Crippen LogP contribution in [0.5, 0.6) is 0 Å². The SMILES string of the molecule is CCN(CC)S(=O)(=O)c1cc(NC(=O)COC(=O)c2cc(C)oc2C)ccc1C. The van der Waals surface area contributed by atoms with E-state index in [2.05, 4.69) is 5.32 Å². The first kappa shape index (κ1) is 22.6. The van der Waals surface area contributed by atoms with Gasteiger partial charge in [-0.15, -0.1) is 0 Å². The summed E-state index contributed by atoms with van der Waals surface area (Å²) in [5.74, 6) is -0.257. The van der Waals surface area contributed by atoms with E-state index in [0.717, 1.165) is 0 Å². The summed E-state index contributed by atoms with van der Waals surface area (Å²) in [7, 11) is -3.67. The Kier molecular flexibility index (Phi) is 7.21. The monoisotopic (exact) mass is 422 g/mol. The maximum absolute atomic E-state index is 12.8. The molecule has 9 heteroatoms. The van der Waals surface area contributed by atoms with Crippen molar-refractivity contribution >= 4 is 27.6 Å². The van der Waals surface area contributed by atoms with E-state index in [9.17, 15) is 18.0 Å². The Hall–Kier alpha value is -2.65. The second kappa shape index (κ2) is 9.23. The molecule has 0 aliphatic carbocycles. The van der Waals surface area contributed by atoms with Crippen LogP contribution in [0.25, 0.3) is 0 Å². The molecule has 1 N–H and O–H groups in total. The van der Waals surface area contributed by atoms with Crippen molar-refractivity contribution < 1.29 is 27.2 Å². The fourth-order valence-corrected chi connectivity index (χ4v) is 4.61. The topological polar surface area (TPSA) is 106 Å². The molecule has 2 rings (SSSR count). The third kappa shape index (κ3) is 5.24. The lowest BCUT2D eigenvalue weighted by Crippen LogP contribution is -2.31. The smallest absolute Gasteiger partial charge is 0.342 e. The number of nitrogens with zero attached hydrogens (tertiary/aromatic N) is 1. The molecule has 0 unspecified atom stereocenters. The van der Waals surface area contributed by atoms with Crippen LogP contribution in [0.2, 0.25) is 0 Å². The number of ether oxygens (including phenoxy) is 1. The number of furan rings is 1. The zero-order chi connectivity index (χ0) is 21.8. The highest BCUT2D eigenvalue weighted by Gasteiger charge is 2.24. The van der Waals surface area contributed by atoms with E-state index in [0.29, 0.717) is 35.9 Å². The standard InChI is InChI=1S/C20H26N2O6S/c1-6-22(7-2)29(25,26)18-11-16(9-8-13(18)3)21-19(23)12-27-20(24)17-10-14(4)28-15(17)5/h8-11H,6-7,12H2,1-5H3,(H,21,23). The Morgan fingerprint density at radius 2 is 1.76 bits per heavy atom. The van der Waals surface area contributed by atoms with Crippen molar-refractivity contribution in [3.05, 3.63) is 46.9 Å². The van der Waals surface area contributed by atoms with Crippen molar-refractivity contribution in [2.75, 3.05) is 25.0 Å². The van der Waals surface area contributed by atoms with Crippen LogP contribution in [0.1, 0.15) is 41.3 Å². The molecular formula is C20H26N2O6S. The van der Waals surface area contributed by atoms with Gasteiger partial charge in [0.1, 0.15) is 17.1 Å². The highest BCUT2D eigenvalue weighted by Crippen LogP contribution is 2.23. The van der Waals surface area contributed by atoms with Gasteiger partial charge in [-0.25, -0.2) is 13.2 Å². The van der Waals surface area contributed by atoms with E-state index in [4.69, 9.17) is 9.15 Å². The summed E-state index contributed by atoms with van der Waals surface area (Å²) in [4.78, 5) is 24.3. The van der Waals surface area contributed by atoms with E-state index in [1.165, 1.54) is 10.4 Å². The third-order valence-corrected chi connectivity index (χ3v) is 6.58. The van der Waals surface area contributed by atoms with E-state index in [1.807, 2.05) is 0 Å². The minimum absolute atomic E-state index is 0.125. The number of benzene rings is 1. The minimum Gasteiger partial charge on any atom is -0.466 e. The second-order valence-electron chi connectivity index (χ2n) is 6.52. The molecule has 1 heterocycles. The number of carbonyl (C=O) groups excluding carboxylic acids is 2. The number of sulfonamides is 1. The minimum atomic E-state index is -3.67. The highest BCUT2D eigenvalue weighted by atomic mass is 32.2. The normalized spacial score (nSPS) is 11.5. The predicted molar refractivity (Wildman–Crippen MR) is 108 cm³/mol. The summed E-state index contributed by atoms with van der Waals surface area (Å²) < 4.78 is 37.2. The number of aryl methyl sites for hydroxylation is 3. The Balaban J connectivity index is 2.09. The molecule has 0 atom stereocenters. The molecule has 29 heavy (non-hydrogen) atoms. The molecule has 0 aliphatic heterocycles. The number of carbonyl (C=O) groups is 2. The van der Waals surface area contributed by atoms with E-state index in [-0.39, 0.29) is 10.5 Å². The first-order chi connectivity index (χ1) is 13.6. The molecule has 0 saturated heterocycles. The highest BCUT2D eigenvalue weighted by molar-refractivity contribution is 7.89. The number of rotatable bonds is 8. The molecule has 158 valence electrons. The molecule has 0 aliphatic rings. The lowest BCUT2D eigenvalue weighted by Gasteiger charge is -2.20. The van der Waals surface area contributed by atoms with Crippen molar-refractivity contribution in [1.29, 1.82) is 0 Å². The molecule has 0 saturated carbocycles. The molecular weight excluding hydrogens is 396 g/mol. The largest absolute Gasteiger partial charge is 0.466 e. The zero-order valence-corrected chi connectivity index (χ0v) is 18.1. The van der Waals surface area contributed by atoms with Gasteiger partial charge in [-0.1, -0.05) is 19.9 Å². The zero-order valence-electron chi connectivity index (χ0n) is 17.2. The van der Waals surface area contributed by atoms with Crippen LogP contribution in [0.15, 0.2) is 33.6 Å². The van der Waals surface area contributed by atoms with Gasteiger partial charge in [0, 0.05) is 18.8 Å². The maximum Gasteiger partial charge on any atom is 0.342 e. The molecule has 0 radical (unpaired) electrons. The maximum atomic E-state index is 12.8. The van der Waals surface area contributed by atoms with Gasteiger partial charge in [-0.2, -0.15) is 4.31 Å². The Morgan fingerprint density at radius 1 is 1.10 bits per heavy atom. The number of nitrogens with one attached hydrogen (secondary N) is 1. The van der Waals surface area contributed by atoms with Crippen molar-refractivity contribution in [1.82, 2.24) is 4.31 Å². The van der Waals surface area contributed by atoms with Crippen molar-refractivity contribution in [3.8, 4) is 0 Å². The molecule has 1 aromatic carbocycles. The fraction of sp³-hybridized carbons (Fsp3) is 0.400. The van der Waals surface area contributed by atoms with Crippen molar-refractivity contribution in [3.63, 3.8) is 0 Å². The Labute approximate surface area is 170 Å². The summed E-state index contributed by atoms with van der Waals surface area (Å²) >= 11 is 0. The van der Waals surface area contributed by atoms with Gasteiger partial charge in [-0.05, 0) is 44.5 Å². The van der Waals surface area contributed by atoms with Gasteiger partial charge in [0.05, 0.1) is 4.90 Å². The van der Waals surface area contributed by atoms with E-state index >= 15 is 0 Å². The molecule has 1 aromatic heterocycles. The lowest BCUT2D eigenvalue weighted by atomic mass is 10.2. The summed E-state index contributed by atoms with van der Waals surface area (Å²) in [6.07, 6.45) is 0. The average Bonchev–Trinajstić information content (AvgIpc) is 3.00. The lowest BCUT2D eigenvalue weighted by molar-refractivity contribution is -0.119. The van der Waals surface area contributed by atoms with Gasteiger partial charge in [0.25, 0.3) is 5.91 Å². The van der Waals surface area contributed by atoms with Crippen LogP contribution in [0.3, 0.4) is 0 Å². The Morgan fingerprint density at radius 3 is 2.31 bits per heavy atom. The fourth-order valence-electron chi connectivity index (χ4n) is 2.90. The summed E-state index contributed by atoms with van der Waals surface area (Å²) in [5, 5.41) is 2.56. The summed E-state index contributed by atoms with van der Waals surface area (Å²) in [6.45, 7) is 8.74. The summed E-state index contributed by atoms with van der Waals surface area (Å²) in [6, 6.07) is 6.17. The van der Waals surface area contributed by atoms with Gasteiger partial charge in [0.2, 0.25) is 10.0 Å². The number of anilines is 1. The molecule has 0 bridgehead atoms. The molecule has 2 aromatic rings. The number of amides is 1. The quantitative estimate of drug-likeness (QED) is 0.656. The molecule has 1 amide bonds. The first-order valence-corrected chi connectivity index (χ1v) is 10.7. The van der Waals surface area contributed by atoms with Gasteiger partial charge in [0.15, 0.2) is 6.61 Å². The van der Waals surface area contributed by atoms with E-state index < -0.39 is 28.5 Å². The first-order valence-electron chi connectivity index (χ1n) is 9.24. The van der Waals surface area contributed by atoms with Crippen LogP contribution in [-0.2, 0) is 19.6 Å². The number of hydrogen-bond donors (Lipinski definition) is 1. The number of hydrogen-bond acceptors (Lipinski definition) is 6.